The van der Waals surface area contributed by atoms with Crippen molar-refractivity contribution in [3.05, 3.63) is 33.9 Å². The fourth-order valence-electron chi connectivity index (χ4n) is 3.07. The van der Waals surface area contributed by atoms with Gasteiger partial charge in [-0.25, -0.2) is 8.42 Å². The van der Waals surface area contributed by atoms with Crippen LogP contribution in [0.15, 0.2) is 23.1 Å². The van der Waals surface area contributed by atoms with E-state index < -0.39 is 14.9 Å². The quantitative estimate of drug-likeness (QED) is 0.668. The highest BCUT2D eigenvalue weighted by Gasteiger charge is 2.37. The molecule has 0 aromatic heterocycles. The Morgan fingerprint density at radius 1 is 1.45 bits per heavy atom. The molecule has 0 aliphatic carbocycles. The lowest BCUT2D eigenvalue weighted by molar-refractivity contribution is -0.385. The predicted octanol–water partition coefficient (Wildman–Crippen LogP) is 1.65. The number of nitro benzene ring substituents is 1. The summed E-state index contributed by atoms with van der Waals surface area (Å²) in [5.74, 6) is 0.174. The van der Waals surface area contributed by atoms with Gasteiger partial charge in [0.1, 0.15) is 0 Å². The Bertz CT molecular complexity index is 675. The van der Waals surface area contributed by atoms with Crippen LogP contribution >= 0.6 is 0 Å². The minimum absolute atomic E-state index is 0.00532. The number of rotatable bonds is 4. The maximum absolute atomic E-state index is 12.9. The van der Waals surface area contributed by atoms with E-state index in [1.165, 1.54) is 29.4 Å². The van der Waals surface area contributed by atoms with Gasteiger partial charge in [-0.1, -0.05) is 13.0 Å². The number of hydrogen-bond acceptors (Lipinski definition) is 5. The molecular weight excluding hydrogens is 306 g/mol. The third-order valence-corrected chi connectivity index (χ3v) is 6.41. The molecule has 2 N–H and O–H groups in total. The summed E-state index contributed by atoms with van der Waals surface area (Å²) in [4.78, 5) is 10.5. The van der Waals surface area contributed by atoms with Crippen LogP contribution in [-0.4, -0.2) is 36.8 Å². The first kappa shape index (κ1) is 16.9. The summed E-state index contributed by atoms with van der Waals surface area (Å²) < 4.78 is 27.3. The lowest BCUT2D eigenvalue weighted by Gasteiger charge is -2.38. The van der Waals surface area contributed by atoms with Gasteiger partial charge in [-0.05, 0) is 31.7 Å². The van der Waals surface area contributed by atoms with Crippen molar-refractivity contribution in [2.75, 3.05) is 13.1 Å². The first-order valence-electron chi connectivity index (χ1n) is 7.26. The number of piperidine rings is 1. The van der Waals surface area contributed by atoms with Crippen molar-refractivity contribution in [3.63, 3.8) is 0 Å². The molecule has 0 amide bonds. The zero-order chi connectivity index (χ0) is 16.5. The van der Waals surface area contributed by atoms with Crippen LogP contribution in [0.4, 0.5) is 5.69 Å². The van der Waals surface area contributed by atoms with Gasteiger partial charge in [0.2, 0.25) is 10.0 Å². The summed E-state index contributed by atoms with van der Waals surface area (Å²) in [7, 11) is -3.79. The van der Waals surface area contributed by atoms with E-state index in [9.17, 15) is 18.5 Å². The molecule has 1 aliphatic heterocycles. The van der Waals surface area contributed by atoms with Gasteiger partial charge in [0, 0.05) is 30.8 Å². The van der Waals surface area contributed by atoms with E-state index in [2.05, 4.69) is 0 Å². The number of nitro groups is 1. The molecule has 1 aromatic carbocycles. The molecule has 1 saturated heterocycles. The van der Waals surface area contributed by atoms with Crippen molar-refractivity contribution in [1.29, 1.82) is 0 Å². The van der Waals surface area contributed by atoms with Crippen LogP contribution in [0.1, 0.15) is 25.3 Å². The Balaban J connectivity index is 2.51. The monoisotopic (exact) mass is 327 g/mol. The first-order chi connectivity index (χ1) is 10.3. The van der Waals surface area contributed by atoms with E-state index >= 15 is 0 Å². The van der Waals surface area contributed by atoms with Gasteiger partial charge < -0.3 is 5.73 Å². The Hall–Kier alpha value is -1.51. The van der Waals surface area contributed by atoms with E-state index in [1.54, 1.807) is 0 Å². The molecule has 2 atom stereocenters. The second-order valence-electron chi connectivity index (χ2n) is 5.70. The van der Waals surface area contributed by atoms with Crippen LogP contribution in [0.5, 0.6) is 0 Å². The van der Waals surface area contributed by atoms with Crippen LogP contribution in [0, 0.1) is 23.0 Å². The molecular formula is C14H21N3O4S. The topological polar surface area (TPSA) is 107 Å². The molecule has 2 rings (SSSR count). The van der Waals surface area contributed by atoms with Gasteiger partial charge in [0.15, 0.2) is 0 Å². The molecule has 1 aliphatic rings. The second-order valence-corrected chi connectivity index (χ2v) is 7.55. The van der Waals surface area contributed by atoms with E-state index in [0.717, 1.165) is 12.8 Å². The fraction of sp³-hybridized carbons (Fsp3) is 0.571. The number of hydrogen-bond donors (Lipinski definition) is 1. The number of nitrogens with zero attached hydrogens (tertiary/aromatic N) is 2. The number of benzene rings is 1. The average Bonchev–Trinajstić information content (AvgIpc) is 2.46. The molecule has 0 saturated carbocycles. The fourth-order valence-corrected chi connectivity index (χ4v) is 5.08. The molecule has 2 unspecified atom stereocenters. The minimum atomic E-state index is -3.79. The average molecular weight is 327 g/mol. The maximum Gasteiger partial charge on any atom is 0.273 e. The molecule has 1 heterocycles. The molecule has 0 radical (unpaired) electrons. The Morgan fingerprint density at radius 2 is 2.14 bits per heavy atom. The second kappa shape index (κ2) is 6.31. The van der Waals surface area contributed by atoms with Crippen molar-refractivity contribution >= 4 is 15.7 Å². The molecule has 0 spiro atoms. The number of nitrogens with two attached hydrogens (primary N) is 1. The molecule has 22 heavy (non-hydrogen) atoms. The summed E-state index contributed by atoms with van der Waals surface area (Å²) in [6.07, 6.45) is 1.70. The van der Waals surface area contributed by atoms with E-state index in [0.29, 0.717) is 6.54 Å². The van der Waals surface area contributed by atoms with E-state index in [-0.39, 0.29) is 34.7 Å². The third kappa shape index (κ3) is 2.86. The molecule has 1 aromatic rings. The van der Waals surface area contributed by atoms with Gasteiger partial charge in [-0.2, -0.15) is 4.31 Å². The van der Waals surface area contributed by atoms with Gasteiger partial charge in [-0.3, -0.25) is 10.1 Å². The molecule has 0 bridgehead atoms. The normalized spacial score (nSPS) is 23.4. The highest BCUT2D eigenvalue weighted by Crippen LogP contribution is 2.32. The van der Waals surface area contributed by atoms with Crippen molar-refractivity contribution in [1.82, 2.24) is 4.31 Å². The predicted molar refractivity (Wildman–Crippen MR) is 83.0 cm³/mol. The highest BCUT2D eigenvalue weighted by atomic mass is 32.2. The van der Waals surface area contributed by atoms with E-state index in [1.807, 2.05) is 6.92 Å². The van der Waals surface area contributed by atoms with Gasteiger partial charge in [0.25, 0.3) is 5.69 Å². The van der Waals surface area contributed by atoms with Crippen LogP contribution in [0.2, 0.25) is 0 Å². The van der Waals surface area contributed by atoms with E-state index in [4.69, 9.17) is 5.73 Å². The van der Waals surface area contributed by atoms with Gasteiger partial charge in [0.05, 0.1) is 9.82 Å². The third-order valence-electron chi connectivity index (χ3n) is 4.35. The number of sulfonamides is 1. The van der Waals surface area contributed by atoms with Crippen LogP contribution < -0.4 is 5.73 Å². The lowest BCUT2D eigenvalue weighted by Crippen LogP contribution is -2.51. The van der Waals surface area contributed by atoms with Crippen LogP contribution in [0.3, 0.4) is 0 Å². The van der Waals surface area contributed by atoms with Crippen molar-refractivity contribution in [2.24, 2.45) is 11.7 Å². The summed E-state index contributed by atoms with van der Waals surface area (Å²) >= 11 is 0. The zero-order valence-electron chi connectivity index (χ0n) is 12.7. The lowest BCUT2D eigenvalue weighted by atomic mass is 9.93. The zero-order valence-corrected chi connectivity index (χ0v) is 13.5. The minimum Gasteiger partial charge on any atom is -0.329 e. The van der Waals surface area contributed by atoms with Crippen molar-refractivity contribution in [3.8, 4) is 0 Å². The smallest absolute Gasteiger partial charge is 0.273 e. The molecule has 122 valence electrons. The summed E-state index contributed by atoms with van der Waals surface area (Å²) in [5.41, 5.74) is 5.74. The summed E-state index contributed by atoms with van der Waals surface area (Å²) in [6, 6.07) is 3.87. The largest absolute Gasteiger partial charge is 0.329 e. The Labute approximate surface area is 130 Å². The van der Waals surface area contributed by atoms with Crippen LogP contribution in [-0.2, 0) is 10.0 Å². The highest BCUT2D eigenvalue weighted by molar-refractivity contribution is 7.89. The summed E-state index contributed by atoms with van der Waals surface area (Å²) in [5, 5.41) is 11.0. The van der Waals surface area contributed by atoms with Crippen molar-refractivity contribution in [2.45, 2.75) is 37.6 Å². The Kier molecular flexibility index (Phi) is 4.84. The molecule has 7 nitrogen and oxygen atoms in total. The first-order valence-corrected chi connectivity index (χ1v) is 8.70. The maximum atomic E-state index is 12.9. The molecule has 1 fully saturated rings. The SMILES string of the molecule is Cc1c([N+](=O)[O-])cccc1S(=O)(=O)N1CCCC(C)C1CN. The Morgan fingerprint density at radius 3 is 2.73 bits per heavy atom. The molecule has 8 heteroatoms. The van der Waals surface area contributed by atoms with Crippen LogP contribution in [0.25, 0.3) is 0 Å². The van der Waals surface area contributed by atoms with Gasteiger partial charge >= 0.3 is 0 Å². The summed E-state index contributed by atoms with van der Waals surface area (Å²) in [6.45, 7) is 4.10. The van der Waals surface area contributed by atoms with Gasteiger partial charge in [-0.15, -0.1) is 0 Å². The van der Waals surface area contributed by atoms with Crippen molar-refractivity contribution < 1.29 is 13.3 Å². The standard InChI is InChI=1S/C14H21N3O4S/c1-10-5-4-8-16(13(10)9-15)22(20,21)14-7-3-6-12(11(14)2)17(18)19/h3,6-7,10,13H,4-5,8-9,15H2,1-2H3.